The minimum atomic E-state index is -4.74. The summed E-state index contributed by atoms with van der Waals surface area (Å²) < 4.78 is 50.5. The van der Waals surface area contributed by atoms with Gasteiger partial charge in [-0.25, -0.2) is 4.79 Å². The second-order valence-electron chi connectivity index (χ2n) is 6.76. The number of carbonyl (C=O) groups excluding carboxylic acids is 1. The fourth-order valence-electron chi connectivity index (χ4n) is 2.03. The third-order valence-corrected chi connectivity index (χ3v) is 3.08. The smallest absolute Gasteiger partial charge is 0.457 e. The van der Waals surface area contributed by atoms with E-state index >= 15 is 0 Å². The zero-order chi connectivity index (χ0) is 20.2. The lowest BCUT2D eigenvalue weighted by molar-refractivity contribution is -0.274. The lowest BCUT2D eigenvalue weighted by atomic mass is 10.1. The molecule has 0 aliphatic heterocycles. The van der Waals surface area contributed by atoms with Crippen LogP contribution in [0.3, 0.4) is 0 Å². The Kier molecular flexibility index (Phi) is 5.92. The van der Waals surface area contributed by atoms with Crippen LogP contribution in [0.15, 0.2) is 40.9 Å². The second-order valence-corrected chi connectivity index (χ2v) is 6.76. The minimum Gasteiger partial charge on any atom is -0.457 e. The Morgan fingerprint density at radius 2 is 1.81 bits per heavy atom. The first-order valence-corrected chi connectivity index (χ1v) is 7.98. The fourth-order valence-corrected chi connectivity index (χ4v) is 2.03. The molecule has 0 atom stereocenters. The summed E-state index contributed by atoms with van der Waals surface area (Å²) in [4.78, 5) is 16.0. The lowest BCUT2D eigenvalue weighted by Crippen LogP contribution is -2.25. The SMILES string of the molecule is C=C(Cc1nc(Cc2ccc(OC(F)(F)F)cc2)no1)C(=O)OC(C)(C)C. The van der Waals surface area contributed by atoms with Crippen LogP contribution >= 0.6 is 0 Å². The monoisotopic (exact) mass is 384 g/mol. The molecule has 27 heavy (non-hydrogen) atoms. The van der Waals surface area contributed by atoms with E-state index in [4.69, 9.17) is 9.26 Å². The Balaban J connectivity index is 1.94. The Morgan fingerprint density at radius 3 is 2.37 bits per heavy atom. The van der Waals surface area contributed by atoms with Crippen LogP contribution in [0.2, 0.25) is 0 Å². The molecule has 0 unspecified atom stereocenters. The van der Waals surface area contributed by atoms with Gasteiger partial charge in [0.1, 0.15) is 11.4 Å². The van der Waals surface area contributed by atoms with Crippen LogP contribution in [0, 0.1) is 0 Å². The molecule has 0 fully saturated rings. The topological polar surface area (TPSA) is 74.5 Å². The van der Waals surface area contributed by atoms with Gasteiger partial charge in [0.15, 0.2) is 5.82 Å². The molecule has 1 heterocycles. The number of esters is 1. The molecule has 6 nitrogen and oxygen atoms in total. The molecule has 0 aliphatic rings. The normalized spacial score (nSPS) is 11.9. The molecule has 2 aromatic rings. The number of alkyl halides is 3. The molecule has 0 saturated carbocycles. The van der Waals surface area contributed by atoms with E-state index in [1.54, 1.807) is 20.8 Å². The van der Waals surface area contributed by atoms with E-state index in [0.29, 0.717) is 11.4 Å². The third kappa shape index (κ3) is 7.12. The summed E-state index contributed by atoms with van der Waals surface area (Å²) >= 11 is 0. The zero-order valence-corrected chi connectivity index (χ0v) is 15.1. The molecule has 0 aliphatic carbocycles. The van der Waals surface area contributed by atoms with Gasteiger partial charge in [-0.2, -0.15) is 4.98 Å². The van der Waals surface area contributed by atoms with Gasteiger partial charge in [0, 0.05) is 12.0 Å². The van der Waals surface area contributed by atoms with Crippen molar-refractivity contribution >= 4 is 5.97 Å². The molecular formula is C18H19F3N2O4. The molecule has 0 saturated heterocycles. The van der Waals surface area contributed by atoms with E-state index < -0.39 is 17.9 Å². The fraction of sp³-hybridized carbons (Fsp3) is 0.389. The molecule has 1 aromatic heterocycles. The van der Waals surface area contributed by atoms with Crippen LogP contribution < -0.4 is 4.74 Å². The quantitative estimate of drug-likeness (QED) is 0.554. The Hall–Kier alpha value is -2.84. The van der Waals surface area contributed by atoms with Gasteiger partial charge >= 0.3 is 12.3 Å². The van der Waals surface area contributed by atoms with Crippen LogP contribution in [0.5, 0.6) is 5.75 Å². The third-order valence-electron chi connectivity index (χ3n) is 3.08. The number of halogens is 3. The van der Waals surface area contributed by atoms with Gasteiger partial charge in [0.25, 0.3) is 0 Å². The first kappa shape index (κ1) is 20.5. The molecule has 0 bridgehead atoms. The number of benzene rings is 1. The second kappa shape index (κ2) is 7.81. The summed E-state index contributed by atoms with van der Waals surface area (Å²) in [7, 11) is 0. The Morgan fingerprint density at radius 1 is 1.19 bits per heavy atom. The summed E-state index contributed by atoms with van der Waals surface area (Å²) in [6.45, 7) is 8.89. The molecule has 146 valence electrons. The number of nitrogens with zero attached hydrogens (tertiary/aromatic N) is 2. The van der Waals surface area contributed by atoms with Crippen LogP contribution in [-0.2, 0) is 22.4 Å². The van der Waals surface area contributed by atoms with Gasteiger partial charge in [0.2, 0.25) is 5.89 Å². The molecule has 0 N–H and O–H groups in total. The van der Waals surface area contributed by atoms with Crippen molar-refractivity contribution in [2.24, 2.45) is 0 Å². The maximum Gasteiger partial charge on any atom is 0.573 e. The summed E-state index contributed by atoms with van der Waals surface area (Å²) in [5.41, 5.74) is 0.207. The summed E-state index contributed by atoms with van der Waals surface area (Å²) in [6, 6.07) is 5.34. The van der Waals surface area contributed by atoms with E-state index in [9.17, 15) is 18.0 Å². The number of hydrogen-bond donors (Lipinski definition) is 0. The van der Waals surface area contributed by atoms with Gasteiger partial charge in [-0.3, -0.25) is 0 Å². The standard InChI is InChI=1S/C18H19F3N2O4/c1-11(16(24)26-17(2,3)4)9-15-22-14(23-27-15)10-12-5-7-13(8-6-12)25-18(19,20)21/h5-8H,1,9-10H2,2-4H3. The lowest BCUT2D eigenvalue weighted by Gasteiger charge is -2.19. The maximum absolute atomic E-state index is 12.1. The number of aromatic nitrogens is 2. The van der Waals surface area contributed by atoms with Gasteiger partial charge in [0.05, 0.1) is 6.42 Å². The van der Waals surface area contributed by atoms with E-state index in [1.165, 1.54) is 24.3 Å². The van der Waals surface area contributed by atoms with Gasteiger partial charge < -0.3 is 14.0 Å². The predicted molar refractivity (Wildman–Crippen MR) is 88.9 cm³/mol. The van der Waals surface area contributed by atoms with Crippen molar-refractivity contribution in [2.45, 2.75) is 45.6 Å². The van der Waals surface area contributed by atoms with E-state index in [0.717, 1.165) is 0 Å². The predicted octanol–water partition coefficient (Wildman–Crippen LogP) is 4.00. The molecule has 2 rings (SSSR count). The van der Waals surface area contributed by atoms with Crippen molar-refractivity contribution in [3.8, 4) is 5.75 Å². The summed E-state index contributed by atoms with van der Waals surface area (Å²) in [5, 5.41) is 3.79. The first-order valence-electron chi connectivity index (χ1n) is 7.98. The number of rotatable bonds is 6. The van der Waals surface area contributed by atoms with E-state index in [2.05, 4.69) is 21.5 Å². The molecule has 0 radical (unpaired) electrons. The molecule has 0 amide bonds. The summed E-state index contributed by atoms with van der Waals surface area (Å²) in [5.74, 6) is -0.347. The van der Waals surface area contributed by atoms with Crippen molar-refractivity contribution in [3.63, 3.8) is 0 Å². The molecule has 0 spiro atoms. The highest BCUT2D eigenvalue weighted by Gasteiger charge is 2.31. The highest BCUT2D eigenvalue weighted by Crippen LogP contribution is 2.23. The highest BCUT2D eigenvalue weighted by atomic mass is 19.4. The number of ether oxygens (including phenoxy) is 2. The van der Waals surface area contributed by atoms with E-state index in [1.807, 2.05) is 0 Å². The first-order chi connectivity index (χ1) is 12.4. The number of carbonyl (C=O) groups is 1. The van der Waals surface area contributed by atoms with Crippen molar-refractivity contribution in [2.75, 3.05) is 0 Å². The number of hydrogen-bond acceptors (Lipinski definition) is 6. The maximum atomic E-state index is 12.1. The Bertz CT molecular complexity index is 805. The zero-order valence-electron chi connectivity index (χ0n) is 15.1. The molecule has 9 heteroatoms. The average Bonchev–Trinajstić information content (AvgIpc) is 2.93. The van der Waals surface area contributed by atoms with Gasteiger partial charge in [-0.1, -0.05) is 23.9 Å². The van der Waals surface area contributed by atoms with Crippen LogP contribution in [-0.4, -0.2) is 28.1 Å². The van der Waals surface area contributed by atoms with Crippen molar-refractivity contribution < 1.29 is 32.0 Å². The van der Waals surface area contributed by atoms with E-state index in [-0.39, 0.29) is 30.1 Å². The van der Waals surface area contributed by atoms with Gasteiger partial charge in [-0.05, 0) is 38.5 Å². The van der Waals surface area contributed by atoms with Crippen LogP contribution in [0.25, 0.3) is 0 Å². The van der Waals surface area contributed by atoms with Crippen molar-refractivity contribution in [1.82, 2.24) is 10.1 Å². The molecule has 1 aromatic carbocycles. The average molecular weight is 384 g/mol. The minimum absolute atomic E-state index is 0.0419. The van der Waals surface area contributed by atoms with Gasteiger partial charge in [-0.15, -0.1) is 13.2 Å². The van der Waals surface area contributed by atoms with Crippen LogP contribution in [0.4, 0.5) is 13.2 Å². The van der Waals surface area contributed by atoms with Crippen molar-refractivity contribution in [1.29, 1.82) is 0 Å². The highest BCUT2D eigenvalue weighted by molar-refractivity contribution is 5.88. The Labute approximate surface area is 154 Å². The largest absolute Gasteiger partial charge is 0.573 e. The van der Waals surface area contributed by atoms with Crippen molar-refractivity contribution in [3.05, 3.63) is 53.7 Å². The molecular weight excluding hydrogens is 365 g/mol. The summed E-state index contributed by atoms with van der Waals surface area (Å²) in [6.07, 6.45) is -4.45. The van der Waals surface area contributed by atoms with Crippen LogP contribution in [0.1, 0.15) is 38.0 Å².